The van der Waals surface area contributed by atoms with Gasteiger partial charge in [-0.25, -0.2) is 0 Å². The summed E-state index contributed by atoms with van der Waals surface area (Å²) in [5.74, 6) is -1.29. The van der Waals surface area contributed by atoms with Gasteiger partial charge >= 0.3 is 0 Å². The fourth-order valence-corrected chi connectivity index (χ4v) is 5.77. The number of hydrogen-bond acceptors (Lipinski definition) is 6. The van der Waals surface area contributed by atoms with Crippen LogP contribution in [0.25, 0.3) is 10.9 Å². The molecule has 3 N–H and O–H groups in total. The molecule has 1 aromatic heterocycles. The Hall–Kier alpha value is -4.87. The predicted octanol–water partition coefficient (Wildman–Crippen LogP) is 0.924. The number of amides is 5. The average Bonchev–Trinajstić information content (AvgIpc) is 3.58. The lowest BCUT2D eigenvalue weighted by molar-refractivity contribution is -0.142. The van der Waals surface area contributed by atoms with Gasteiger partial charge in [-0.15, -0.1) is 0 Å². The maximum Gasteiger partial charge on any atom is 0.253 e. The Morgan fingerprint density at radius 1 is 1.00 bits per heavy atom. The number of nitrogens with one attached hydrogen (secondary N) is 3. The van der Waals surface area contributed by atoms with Crippen molar-refractivity contribution in [2.24, 2.45) is 0 Å². The van der Waals surface area contributed by atoms with Gasteiger partial charge < -0.3 is 35.1 Å². The summed E-state index contributed by atoms with van der Waals surface area (Å²) in [6.07, 6.45) is 2.48. The summed E-state index contributed by atoms with van der Waals surface area (Å²) in [5.41, 5.74) is 2.20. The Kier molecular flexibility index (Phi) is 8.65. The first-order valence-corrected chi connectivity index (χ1v) is 14.2. The molecule has 0 saturated carbocycles. The predicted molar refractivity (Wildman–Crippen MR) is 158 cm³/mol. The van der Waals surface area contributed by atoms with Crippen LogP contribution in [0.4, 0.5) is 0 Å². The molecule has 3 aromatic rings. The highest BCUT2D eigenvalue weighted by molar-refractivity contribution is 5.96. The molecule has 5 rings (SSSR count). The minimum absolute atomic E-state index is 0.0856. The molecule has 2 aromatic carbocycles. The fraction of sp³-hybridized carbons (Fsp3) is 0.387. The first-order valence-electron chi connectivity index (χ1n) is 14.2. The van der Waals surface area contributed by atoms with E-state index in [2.05, 4.69) is 15.6 Å². The van der Waals surface area contributed by atoms with E-state index < -0.39 is 17.9 Å². The first-order chi connectivity index (χ1) is 20.6. The molecule has 1 saturated heterocycles. The van der Waals surface area contributed by atoms with Crippen LogP contribution in [0, 0.1) is 0 Å². The molecule has 226 valence electrons. The minimum atomic E-state index is -1.04. The third-order valence-electron chi connectivity index (χ3n) is 7.88. The Morgan fingerprint density at radius 3 is 2.58 bits per heavy atom. The van der Waals surface area contributed by atoms with Gasteiger partial charge in [0.15, 0.2) is 0 Å². The number of likely N-dealkylation sites (N-methyl/N-ethyl adjacent to an activating group) is 2. The van der Waals surface area contributed by atoms with E-state index in [1.54, 1.807) is 36.2 Å². The van der Waals surface area contributed by atoms with Crippen LogP contribution in [-0.2, 0) is 25.6 Å². The molecule has 2 bridgehead atoms. The summed E-state index contributed by atoms with van der Waals surface area (Å²) in [4.78, 5) is 72.5. The number of aromatic nitrogens is 1. The highest BCUT2D eigenvalue weighted by atomic mass is 16.5. The molecule has 3 atom stereocenters. The van der Waals surface area contributed by atoms with Gasteiger partial charge in [-0.05, 0) is 36.2 Å². The molecular formula is C31H36N6O6. The Morgan fingerprint density at radius 2 is 1.79 bits per heavy atom. The standard InChI is InChI=1S/C31H36N6O6/c1-19(38)33-27-16-35(2)30(41)20-7-6-8-24(11-20)43-18-23-13-22(15-37(23)29(40)17-36(3)31(27)42)34-28(39)12-21-14-32-26-10-5-4-9-25(21)26/h4-11,14,22-23,27,32H,12-13,15-18H2,1-3H3,(H,33,38)(H,34,39)/t22-,23+,27+/m1/s1. The molecule has 12 heteroatoms. The highest BCUT2D eigenvalue weighted by Gasteiger charge is 2.38. The number of ether oxygens (including phenoxy) is 1. The monoisotopic (exact) mass is 588 g/mol. The molecule has 5 amide bonds. The topological polar surface area (TPSA) is 144 Å². The lowest BCUT2D eigenvalue weighted by Crippen LogP contribution is -2.54. The van der Waals surface area contributed by atoms with E-state index in [-0.39, 0.29) is 62.5 Å². The van der Waals surface area contributed by atoms with Crippen molar-refractivity contribution < 1.29 is 28.7 Å². The van der Waals surface area contributed by atoms with Crippen molar-refractivity contribution in [2.45, 2.75) is 37.9 Å². The summed E-state index contributed by atoms with van der Waals surface area (Å²) >= 11 is 0. The van der Waals surface area contributed by atoms with Gasteiger partial charge in [0.05, 0.1) is 19.0 Å². The Bertz CT molecular complexity index is 1550. The minimum Gasteiger partial charge on any atom is -0.491 e. The maximum absolute atomic E-state index is 13.6. The van der Waals surface area contributed by atoms with Crippen molar-refractivity contribution in [2.75, 3.05) is 40.3 Å². The van der Waals surface area contributed by atoms with Crippen LogP contribution in [0.3, 0.4) is 0 Å². The molecule has 0 spiro atoms. The molecule has 0 unspecified atom stereocenters. The van der Waals surface area contributed by atoms with Crippen LogP contribution < -0.4 is 15.4 Å². The Balaban J connectivity index is 1.35. The molecule has 1 fully saturated rings. The van der Waals surface area contributed by atoms with Crippen LogP contribution in [0.2, 0.25) is 0 Å². The number of hydrogen-bond donors (Lipinski definition) is 3. The van der Waals surface area contributed by atoms with Crippen molar-refractivity contribution in [1.82, 2.24) is 30.3 Å². The van der Waals surface area contributed by atoms with Crippen LogP contribution >= 0.6 is 0 Å². The van der Waals surface area contributed by atoms with E-state index >= 15 is 0 Å². The number of aromatic amines is 1. The van der Waals surface area contributed by atoms with Crippen LogP contribution in [0.1, 0.15) is 29.3 Å². The summed E-state index contributed by atoms with van der Waals surface area (Å²) < 4.78 is 6.06. The third-order valence-corrected chi connectivity index (χ3v) is 7.88. The van der Waals surface area contributed by atoms with E-state index in [0.29, 0.717) is 17.7 Å². The molecule has 0 aliphatic carbocycles. The van der Waals surface area contributed by atoms with Crippen LogP contribution in [0.5, 0.6) is 5.75 Å². The van der Waals surface area contributed by atoms with Crippen molar-refractivity contribution >= 4 is 40.4 Å². The third kappa shape index (κ3) is 6.79. The van der Waals surface area contributed by atoms with E-state index in [1.807, 2.05) is 30.5 Å². The van der Waals surface area contributed by atoms with Gasteiger partial charge in [-0.1, -0.05) is 24.3 Å². The second-order valence-corrected chi connectivity index (χ2v) is 11.2. The second-order valence-electron chi connectivity index (χ2n) is 11.2. The zero-order valence-electron chi connectivity index (χ0n) is 24.5. The van der Waals surface area contributed by atoms with Crippen LogP contribution in [0.15, 0.2) is 54.7 Å². The molecule has 2 aliphatic heterocycles. The highest BCUT2D eigenvalue weighted by Crippen LogP contribution is 2.23. The molecule has 12 nitrogen and oxygen atoms in total. The number of para-hydroxylation sites is 1. The van der Waals surface area contributed by atoms with Gasteiger partial charge in [-0.3, -0.25) is 24.0 Å². The lowest BCUT2D eigenvalue weighted by Gasteiger charge is -2.30. The number of carbonyl (C=O) groups is 5. The quantitative estimate of drug-likeness (QED) is 0.414. The summed E-state index contributed by atoms with van der Waals surface area (Å²) in [5, 5.41) is 6.66. The lowest BCUT2D eigenvalue weighted by atomic mass is 10.1. The first kappa shape index (κ1) is 29.6. The number of carbonyl (C=O) groups excluding carboxylic acids is 5. The zero-order chi connectivity index (χ0) is 30.7. The summed E-state index contributed by atoms with van der Waals surface area (Å²) in [7, 11) is 3.03. The normalized spacial score (nSPS) is 21.6. The zero-order valence-corrected chi connectivity index (χ0v) is 24.5. The summed E-state index contributed by atoms with van der Waals surface area (Å²) in [6, 6.07) is 12.7. The second kappa shape index (κ2) is 12.6. The van der Waals surface area contributed by atoms with Crippen molar-refractivity contribution in [3.05, 3.63) is 65.9 Å². The number of H-pyrrole nitrogens is 1. The summed E-state index contributed by atoms with van der Waals surface area (Å²) in [6.45, 7) is 1.36. The van der Waals surface area contributed by atoms with Gasteiger partial charge in [0, 0.05) is 62.8 Å². The molecule has 2 aliphatic rings. The number of fused-ring (bicyclic) bond motifs is 4. The van der Waals surface area contributed by atoms with Gasteiger partial charge in [-0.2, -0.15) is 0 Å². The van der Waals surface area contributed by atoms with E-state index in [0.717, 1.165) is 16.5 Å². The van der Waals surface area contributed by atoms with Gasteiger partial charge in [0.1, 0.15) is 18.4 Å². The van der Waals surface area contributed by atoms with E-state index in [9.17, 15) is 24.0 Å². The smallest absolute Gasteiger partial charge is 0.253 e. The average molecular weight is 589 g/mol. The van der Waals surface area contributed by atoms with Gasteiger partial charge in [0.25, 0.3) is 5.91 Å². The number of benzene rings is 2. The Labute approximate surface area is 249 Å². The maximum atomic E-state index is 13.6. The molecule has 3 heterocycles. The van der Waals surface area contributed by atoms with E-state index in [1.165, 1.54) is 23.8 Å². The number of rotatable bonds is 4. The van der Waals surface area contributed by atoms with E-state index in [4.69, 9.17) is 4.74 Å². The SMILES string of the molecule is CC(=O)N[C@H]1CN(C)C(=O)c2cccc(c2)OC[C@@H]2C[C@@H](NC(=O)Cc3c[nH]c4ccccc34)CN2C(=O)CN(C)C1=O. The van der Waals surface area contributed by atoms with Crippen molar-refractivity contribution in [3.8, 4) is 5.75 Å². The van der Waals surface area contributed by atoms with Crippen LogP contribution in [-0.4, -0.2) is 108 Å². The fourth-order valence-electron chi connectivity index (χ4n) is 5.77. The largest absolute Gasteiger partial charge is 0.491 e. The van der Waals surface area contributed by atoms with Gasteiger partial charge in [0.2, 0.25) is 23.6 Å². The molecule has 0 radical (unpaired) electrons. The number of nitrogens with zero attached hydrogens (tertiary/aromatic N) is 3. The molecule has 43 heavy (non-hydrogen) atoms. The van der Waals surface area contributed by atoms with Crippen molar-refractivity contribution in [3.63, 3.8) is 0 Å². The molecular weight excluding hydrogens is 552 g/mol. The van der Waals surface area contributed by atoms with Crippen molar-refractivity contribution in [1.29, 1.82) is 0 Å².